The molecule has 1 aromatic heterocycles. The van der Waals surface area contributed by atoms with E-state index < -0.39 is 16.0 Å². The van der Waals surface area contributed by atoms with Gasteiger partial charge in [-0.2, -0.15) is 0 Å². The summed E-state index contributed by atoms with van der Waals surface area (Å²) in [4.78, 5) is 14.7. The minimum Gasteiger partial charge on any atom is -0.478 e. The molecule has 6 nitrogen and oxygen atoms in total. The van der Waals surface area contributed by atoms with Gasteiger partial charge in [0.2, 0.25) is 0 Å². The summed E-state index contributed by atoms with van der Waals surface area (Å²) >= 11 is 0. The zero-order chi connectivity index (χ0) is 15.6. The first-order chi connectivity index (χ1) is 9.79. The second-order valence-corrected chi connectivity index (χ2v) is 6.29. The second kappa shape index (κ2) is 5.53. The van der Waals surface area contributed by atoms with Crippen LogP contribution in [0.1, 0.15) is 21.5 Å². The quantitative estimate of drug-likeness (QED) is 0.902. The lowest BCUT2D eigenvalue weighted by atomic mass is 10.2. The fourth-order valence-electron chi connectivity index (χ4n) is 1.82. The predicted octanol–water partition coefficient (Wildman–Crippen LogP) is 2.20. The van der Waals surface area contributed by atoms with Gasteiger partial charge in [-0.15, -0.1) is 0 Å². The number of nitrogens with one attached hydrogen (secondary N) is 1. The number of nitrogens with zero attached hydrogens (tertiary/aromatic N) is 1. The van der Waals surface area contributed by atoms with Crippen molar-refractivity contribution < 1.29 is 18.3 Å². The molecule has 0 aliphatic carbocycles. The number of anilines is 1. The van der Waals surface area contributed by atoms with Crippen LogP contribution in [0, 0.1) is 13.8 Å². The lowest BCUT2D eigenvalue weighted by Crippen LogP contribution is -2.15. The van der Waals surface area contributed by atoms with Crippen LogP contribution in [0.5, 0.6) is 0 Å². The third-order valence-corrected chi connectivity index (χ3v) is 4.39. The molecular formula is C14H14N2O4S. The second-order valence-electron chi connectivity index (χ2n) is 4.64. The molecule has 0 aliphatic rings. The van der Waals surface area contributed by atoms with Crippen molar-refractivity contribution in [3.05, 3.63) is 53.3 Å². The average molecular weight is 306 g/mol. The van der Waals surface area contributed by atoms with Crippen LogP contribution < -0.4 is 4.72 Å². The maximum Gasteiger partial charge on any atom is 0.337 e. The number of hydrogen-bond donors (Lipinski definition) is 2. The van der Waals surface area contributed by atoms with Crippen molar-refractivity contribution in [3.63, 3.8) is 0 Å². The molecule has 2 rings (SSSR count). The minimum absolute atomic E-state index is 0.0869. The van der Waals surface area contributed by atoms with Crippen molar-refractivity contribution in [2.45, 2.75) is 18.7 Å². The van der Waals surface area contributed by atoms with Crippen LogP contribution in [-0.4, -0.2) is 24.5 Å². The smallest absolute Gasteiger partial charge is 0.337 e. The summed E-state index contributed by atoms with van der Waals surface area (Å²) in [5.41, 5.74) is 1.45. The number of carboxylic acid groups (broad SMARTS) is 1. The van der Waals surface area contributed by atoms with Crippen LogP contribution in [0.3, 0.4) is 0 Å². The molecule has 0 spiro atoms. The van der Waals surface area contributed by atoms with Gasteiger partial charge < -0.3 is 5.11 Å². The summed E-state index contributed by atoms with van der Waals surface area (Å²) in [6, 6.07) is 6.32. The SMILES string of the molecule is Cc1ccc(C)c(S(=O)(=O)Nc2cncc(C(=O)O)c2)c1. The Labute approximate surface area is 122 Å². The van der Waals surface area contributed by atoms with Crippen molar-refractivity contribution in [2.24, 2.45) is 0 Å². The number of benzene rings is 1. The van der Waals surface area contributed by atoms with Crippen molar-refractivity contribution in [1.29, 1.82) is 0 Å². The molecule has 110 valence electrons. The van der Waals surface area contributed by atoms with E-state index in [0.29, 0.717) is 5.56 Å². The molecule has 0 radical (unpaired) electrons. The topological polar surface area (TPSA) is 96.4 Å². The summed E-state index contributed by atoms with van der Waals surface area (Å²) in [6.07, 6.45) is 2.41. The number of rotatable bonds is 4. The van der Waals surface area contributed by atoms with Gasteiger partial charge in [0.1, 0.15) is 0 Å². The zero-order valence-electron chi connectivity index (χ0n) is 11.5. The highest BCUT2D eigenvalue weighted by atomic mass is 32.2. The first kappa shape index (κ1) is 15.0. The first-order valence-corrected chi connectivity index (χ1v) is 7.56. The Morgan fingerprint density at radius 3 is 2.57 bits per heavy atom. The molecule has 0 amide bonds. The molecular weight excluding hydrogens is 292 g/mol. The maximum absolute atomic E-state index is 12.4. The summed E-state index contributed by atoms with van der Waals surface area (Å²) in [5, 5.41) is 8.89. The van der Waals surface area contributed by atoms with Gasteiger partial charge in [0.15, 0.2) is 0 Å². The Hall–Kier alpha value is -2.41. The molecule has 0 aliphatic heterocycles. The van der Waals surface area contributed by atoms with Crippen LogP contribution in [0.15, 0.2) is 41.6 Å². The molecule has 7 heteroatoms. The van der Waals surface area contributed by atoms with Gasteiger partial charge in [0.05, 0.1) is 22.3 Å². The molecule has 1 aromatic carbocycles. The Morgan fingerprint density at radius 1 is 1.19 bits per heavy atom. The predicted molar refractivity (Wildman–Crippen MR) is 77.9 cm³/mol. The molecule has 21 heavy (non-hydrogen) atoms. The van der Waals surface area contributed by atoms with E-state index >= 15 is 0 Å². The maximum atomic E-state index is 12.4. The number of pyridine rings is 1. The zero-order valence-corrected chi connectivity index (χ0v) is 12.3. The van der Waals surface area contributed by atoms with E-state index in [2.05, 4.69) is 9.71 Å². The number of carbonyl (C=O) groups is 1. The molecule has 2 N–H and O–H groups in total. The molecule has 0 fully saturated rings. The summed E-state index contributed by atoms with van der Waals surface area (Å²) < 4.78 is 27.1. The van der Waals surface area contributed by atoms with Gasteiger partial charge in [0, 0.05) is 6.20 Å². The van der Waals surface area contributed by atoms with E-state index in [1.165, 1.54) is 12.3 Å². The summed E-state index contributed by atoms with van der Waals surface area (Å²) in [7, 11) is -3.79. The van der Waals surface area contributed by atoms with Gasteiger partial charge in [-0.25, -0.2) is 13.2 Å². The van der Waals surface area contributed by atoms with Crippen molar-refractivity contribution in [2.75, 3.05) is 4.72 Å². The highest BCUT2D eigenvalue weighted by Gasteiger charge is 2.18. The molecule has 0 bridgehead atoms. The molecule has 0 saturated carbocycles. The van der Waals surface area contributed by atoms with Crippen LogP contribution in [0.25, 0.3) is 0 Å². The van der Waals surface area contributed by atoms with Crippen LogP contribution in [-0.2, 0) is 10.0 Å². The lowest BCUT2D eigenvalue weighted by Gasteiger charge is -2.11. The van der Waals surface area contributed by atoms with E-state index in [4.69, 9.17) is 5.11 Å². The van der Waals surface area contributed by atoms with E-state index in [1.807, 2.05) is 6.07 Å². The fraction of sp³-hybridized carbons (Fsp3) is 0.143. The van der Waals surface area contributed by atoms with Crippen LogP contribution in [0.4, 0.5) is 5.69 Å². The third-order valence-electron chi connectivity index (χ3n) is 2.87. The van der Waals surface area contributed by atoms with Gasteiger partial charge in [-0.1, -0.05) is 12.1 Å². The highest BCUT2D eigenvalue weighted by molar-refractivity contribution is 7.92. The molecule has 2 aromatic rings. The minimum atomic E-state index is -3.79. The van der Waals surface area contributed by atoms with E-state index in [1.54, 1.807) is 26.0 Å². The molecule has 1 heterocycles. The summed E-state index contributed by atoms with van der Waals surface area (Å²) in [5.74, 6) is -1.17. The third kappa shape index (κ3) is 3.38. The standard InChI is InChI=1S/C14H14N2O4S/c1-9-3-4-10(2)13(5-9)21(19,20)16-12-6-11(14(17)18)7-15-8-12/h3-8,16H,1-2H3,(H,17,18). The van der Waals surface area contributed by atoms with Gasteiger partial charge in [0.25, 0.3) is 10.0 Å². The van der Waals surface area contributed by atoms with Gasteiger partial charge in [-0.3, -0.25) is 9.71 Å². The fourth-order valence-corrected chi connectivity index (χ4v) is 3.18. The number of carboxylic acids is 1. The van der Waals surface area contributed by atoms with E-state index in [9.17, 15) is 13.2 Å². The van der Waals surface area contributed by atoms with Crippen molar-refractivity contribution >= 4 is 21.7 Å². The average Bonchev–Trinajstić information content (AvgIpc) is 2.41. The normalized spacial score (nSPS) is 11.1. The molecule has 0 saturated heterocycles. The number of aromatic carboxylic acids is 1. The lowest BCUT2D eigenvalue weighted by molar-refractivity contribution is 0.0696. The van der Waals surface area contributed by atoms with Crippen molar-refractivity contribution in [1.82, 2.24) is 4.98 Å². The Balaban J connectivity index is 2.40. The monoisotopic (exact) mass is 306 g/mol. The number of sulfonamides is 1. The highest BCUT2D eigenvalue weighted by Crippen LogP contribution is 2.20. The van der Waals surface area contributed by atoms with E-state index in [-0.39, 0.29) is 16.1 Å². The summed E-state index contributed by atoms with van der Waals surface area (Å²) in [6.45, 7) is 3.49. The van der Waals surface area contributed by atoms with Crippen LogP contribution >= 0.6 is 0 Å². The van der Waals surface area contributed by atoms with E-state index in [0.717, 1.165) is 11.8 Å². The Kier molecular flexibility index (Phi) is 3.95. The van der Waals surface area contributed by atoms with Crippen LogP contribution in [0.2, 0.25) is 0 Å². The Bertz CT molecular complexity index is 800. The Morgan fingerprint density at radius 2 is 1.90 bits per heavy atom. The first-order valence-electron chi connectivity index (χ1n) is 6.08. The van der Waals surface area contributed by atoms with Crippen molar-refractivity contribution in [3.8, 4) is 0 Å². The number of aryl methyl sites for hydroxylation is 2. The number of aromatic nitrogens is 1. The number of hydrogen-bond acceptors (Lipinski definition) is 4. The van der Waals surface area contributed by atoms with Gasteiger partial charge in [-0.05, 0) is 37.1 Å². The molecule has 0 unspecified atom stereocenters. The van der Waals surface area contributed by atoms with Gasteiger partial charge >= 0.3 is 5.97 Å². The largest absolute Gasteiger partial charge is 0.478 e. The molecule has 0 atom stereocenters.